The van der Waals surface area contributed by atoms with Crippen molar-refractivity contribution in [3.63, 3.8) is 0 Å². The summed E-state index contributed by atoms with van der Waals surface area (Å²) in [5.74, 6) is 5.81. The zero-order valence-corrected chi connectivity index (χ0v) is 31.0. The molecule has 270 valence electrons. The zero-order chi connectivity index (χ0) is 37.7. The van der Waals surface area contributed by atoms with Crippen molar-refractivity contribution >= 4 is 11.4 Å². The van der Waals surface area contributed by atoms with E-state index in [2.05, 4.69) is 76.2 Å². The van der Waals surface area contributed by atoms with Crippen molar-refractivity contribution in [1.82, 2.24) is 0 Å². The zero-order valence-electron chi connectivity index (χ0n) is 31.0. The van der Waals surface area contributed by atoms with Gasteiger partial charge < -0.3 is 30.4 Å². The van der Waals surface area contributed by atoms with Crippen LogP contribution in [0.25, 0.3) is 0 Å². The average molecular weight is 713 g/mol. The van der Waals surface area contributed by atoms with Crippen molar-refractivity contribution in [2.45, 2.75) is 38.5 Å². The lowest BCUT2D eigenvalue weighted by Crippen LogP contribution is -2.22. The van der Waals surface area contributed by atoms with Crippen LogP contribution in [0.15, 0.2) is 170 Å². The van der Waals surface area contributed by atoms with E-state index >= 15 is 0 Å². The van der Waals surface area contributed by atoms with Crippen molar-refractivity contribution in [2.24, 2.45) is 0 Å². The third-order valence-corrected chi connectivity index (χ3v) is 9.74. The lowest BCUT2D eigenvalue weighted by atomic mass is 9.74. The van der Waals surface area contributed by atoms with Gasteiger partial charge in [0.2, 0.25) is 0 Å². The Labute approximate surface area is 317 Å². The average Bonchev–Trinajstić information content (AvgIpc) is 3.17. The molecular formula is C48H44N2O4. The van der Waals surface area contributed by atoms with Crippen LogP contribution in [0.2, 0.25) is 0 Å². The summed E-state index contributed by atoms with van der Waals surface area (Å²) in [5.41, 5.74) is 16.9. The van der Waals surface area contributed by atoms with Gasteiger partial charge in [0, 0.05) is 45.5 Å². The maximum absolute atomic E-state index is 6.48. The van der Waals surface area contributed by atoms with Gasteiger partial charge in [-0.1, -0.05) is 100 Å². The van der Waals surface area contributed by atoms with E-state index < -0.39 is 0 Å². The first-order valence-corrected chi connectivity index (χ1v) is 18.0. The Hall–Kier alpha value is -6.66. The summed E-state index contributed by atoms with van der Waals surface area (Å²) in [6.45, 7) is 8.92. The van der Waals surface area contributed by atoms with Gasteiger partial charge in [-0.05, 0) is 96.1 Å². The molecule has 0 spiro atoms. The summed E-state index contributed by atoms with van der Waals surface area (Å²) in [7, 11) is 0. The third kappa shape index (κ3) is 8.03. The minimum Gasteiger partial charge on any atom is -0.457 e. The van der Waals surface area contributed by atoms with E-state index in [1.807, 2.05) is 109 Å². The van der Waals surface area contributed by atoms with Gasteiger partial charge >= 0.3 is 0 Å². The highest BCUT2D eigenvalue weighted by Crippen LogP contribution is 2.43. The van der Waals surface area contributed by atoms with Crippen LogP contribution in [-0.4, -0.2) is 0 Å². The number of anilines is 2. The summed E-state index contributed by atoms with van der Waals surface area (Å²) in [6, 6.07) is 55.3. The van der Waals surface area contributed by atoms with E-state index in [-0.39, 0.29) is 10.8 Å². The van der Waals surface area contributed by atoms with E-state index in [1.54, 1.807) is 12.1 Å². The van der Waals surface area contributed by atoms with Crippen molar-refractivity contribution in [3.8, 4) is 46.0 Å². The van der Waals surface area contributed by atoms with Crippen molar-refractivity contribution in [1.29, 1.82) is 0 Å². The second-order valence-corrected chi connectivity index (χ2v) is 14.3. The molecule has 0 aromatic heterocycles. The van der Waals surface area contributed by atoms with Crippen LogP contribution < -0.4 is 30.4 Å². The molecule has 7 aromatic carbocycles. The highest BCUT2D eigenvalue weighted by molar-refractivity contribution is 5.52. The predicted molar refractivity (Wildman–Crippen MR) is 218 cm³/mol. The van der Waals surface area contributed by atoms with Crippen molar-refractivity contribution in [2.75, 3.05) is 11.5 Å². The normalized spacial score (nSPS) is 11.5. The van der Waals surface area contributed by atoms with Gasteiger partial charge in [-0.2, -0.15) is 0 Å². The van der Waals surface area contributed by atoms with Gasteiger partial charge in [-0.25, -0.2) is 0 Å². The smallest absolute Gasteiger partial charge is 0.131 e. The molecule has 7 aromatic rings. The minimum absolute atomic E-state index is 0.348. The molecule has 0 atom stereocenters. The molecule has 0 unspecified atom stereocenters. The Morgan fingerprint density at radius 2 is 0.667 bits per heavy atom. The Balaban J connectivity index is 1.06. The number of benzene rings is 7. The Morgan fingerprint density at radius 1 is 0.333 bits per heavy atom. The van der Waals surface area contributed by atoms with Crippen LogP contribution in [-0.2, 0) is 10.8 Å². The van der Waals surface area contributed by atoms with Crippen molar-refractivity contribution in [3.05, 3.63) is 192 Å². The van der Waals surface area contributed by atoms with E-state index in [0.717, 1.165) is 34.1 Å². The van der Waals surface area contributed by atoms with E-state index in [1.165, 1.54) is 11.1 Å². The van der Waals surface area contributed by atoms with Gasteiger partial charge in [-0.15, -0.1) is 0 Å². The minimum atomic E-state index is -0.348. The third-order valence-electron chi connectivity index (χ3n) is 9.74. The molecule has 0 aliphatic carbocycles. The molecule has 4 N–H and O–H groups in total. The first-order valence-electron chi connectivity index (χ1n) is 18.0. The van der Waals surface area contributed by atoms with Gasteiger partial charge in [0.15, 0.2) is 0 Å². The molecule has 0 amide bonds. The quantitative estimate of drug-likeness (QED) is 0.123. The first kappa shape index (κ1) is 35.7. The molecule has 0 saturated carbocycles. The molecule has 6 heteroatoms. The molecule has 0 aliphatic rings. The van der Waals surface area contributed by atoms with E-state index in [0.29, 0.717) is 34.4 Å². The fraction of sp³-hybridized carbons (Fsp3) is 0.125. The van der Waals surface area contributed by atoms with Crippen LogP contribution in [0, 0.1) is 0 Å². The summed E-state index contributed by atoms with van der Waals surface area (Å²) in [4.78, 5) is 0. The molecule has 0 heterocycles. The Morgan fingerprint density at radius 3 is 1.02 bits per heavy atom. The summed E-state index contributed by atoms with van der Waals surface area (Å²) >= 11 is 0. The fourth-order valence-corrected chi connectivity index (χ4v) is 6.59. The van der Waals surface area contributed by atoms with Gasteiger partial charge in [-0.3, -0.25) is 0 Å². The topological polar surface area (TPSA) is 89.0 Å². The fourth-order valence-electron chi connectivity index (χ4n) is 6.59. The second-order valence-electron chi connectivity index (χ2n) is 14.3. The van der Waals surface area contributed by atoms with Crippen LogP contribution in [0.1, 0.15) is 49.9 Å². The van der Waals surface area contributed by atoms with Crippen LogP contribution in [0.5, 0.6) is 46.0 Å². The number of hydrogen-bond acceptors (Lipinski definition) is 6. The molecule has 6 nitrogen and oxygen atoms in total. The summed E-state index contributed by atoms with van der Waals surface area (Å²) < 4.78 is 24.9. The lowest BCUT2D eigenvalue weighted by Gasteiger charge is -2.31. The molecule has 0 radical (unpaired) electrons. The monoisotopic (exact) mass is 712 g/mol. The maximum atomic E-state index is 6.48. The van der Waals surface area contributed by atoms with Gasteiger partial charge in [0.1, 0.15) is 46.0 Å². The molecule has 7 rings (SSSR count). The molecule has 54 heavy (non-hydrogen) atoms. The molecular weight excluding hydrogens is 669 g/mol. The Kier molecular flexibility index (Phi) is 10.0. The number of ether oxygens (including phenoxy) is 4. The van der Waals surface area contributed by atoms with Gasteiger partial charge in [0.25, 0.3) is 0 Å². The van der Waals surface area contributed by atoms with Crippen molar-refractivity contribution < 1.29 is 18.9 Å². The predicted octanol–water partition coefficient (Wildman–Crippen LogP) is 12.7. The first-order chi connectivity index (χ1) is 26.0. The standard InChI is InChI=1S/C48H44N2O4/c1-47(2,43-15-5-7-17-45(43)53-39-27-23-37(24-28-39)51-41-13-9-11-35(49)31-41)33-19-21-34(22-20-33)48(3,4)44-16-6-8-18-46(44)54-40-29-25-38(26-30-40)52-42-14-10-12-36(50)32-42/h5-32H,49-50H2,1-4H3. The Bertz CT molecular complexity index is 2180. The highest BCUT2D eigenvalue weighted by Gasteiger charge is 2.30. The molecule has 0 bridgehead atoms. The van der Waals surface area contributed by atoms with Crippen LogP contribution in [0.4, 0.5) is 11.4 Å². The number of nitrogen functional groups attached to an aromatic ring is 2. The molecule has 0 aliphatic heterocycles. The van der Waals surface area contributed by atoms with Crippen LogP contribution >= 0.6 is 0 Å². The summed E-state index contributed by atoms with van der Waals surface area (Å²) in [6.07, 6.45) is 0. The molecule has 0 fully saturated rings. The second kappa shape index (κ2) is 15.1. The summed E-state index contributed by atoms with van der Waals surface area (Å²) in [5, 5.41) is 0. The largest absolute Gasteiger partial charge is 0.457 e. The number of nitrogens with two attached hydrogens (primary N) is 2. The number of hydrogen-bond donors (Lipinski definition) is 2. The lowest BCUT2D eigenvalue weighted by molar-refractivity contribution is 0.455. The van der Waals surface area contributed by atoms with Gasteiger partial charge in [0.05, 0.1) is 0 Å². The van der Waals surface area contributed by atoms with Crippen LogP contribution in [0.3, 0.4) is 0 Å². The van der Waals surface area contributed by atoms with E-state index in [9.17, 15) is 0 Å². The maximum Gasteiger partial charge on any atom is 0.131 e. The van der Waals surface area contributed by atoms with E-state index in [4.69, 9.17) is 30.4 Å². The SMILES string of the molecule is CC(C)(c1ccc(C(C)(C)c2ccccc2Oc2ccc(Oc3cccc(N)c3)cc2)cc1)c1ccccc1Oc1ccc(Oc2cccc(N)c2)cc1. The number of para-hydroxylation sites is 2. The molecule has 0 saturated heterocycles. The highest BCUT2D eigenvalue weighted by atomic mass is 16.5. The number of rotatable bonds is 12.